The van der Waals surface area contributed by atoms with Crippen LogP contribution in [0.1, 0.15) is 19.3 Å². The number of carbonyl (C=O) groups excluding carboxylic acids is 1. The first kappa shape index (κ1) is 16.1. The summed E-state index contributed by atoms with van der Waals surface area (Å²) in [5.41, 5.74) is 1.65. The number of anilines is 1. The van der Waals surface area contributed by atoms with Crippen molar-refractivity contribution in [3.05, 3.63) is 30.3 Å². The van der Waals surface area contributed by atoms with E-state index in [1.54, 1.807) is 7.11 Å². The maximum absolute atomic E-state index is 12.7. The van der Waals surface area contributed by atoms with Crippen LogP contribution in [0, 0.1) is 0 Å². The number of benzene rings is 1. The van der Waals surface area contributed by atoms with Gasteiger partial charge in [0.05, 0.1) is 12.6 Å². The summed E-state index contributed by atoms with van der Waals surface area (Å²) >= 11 is 0. The number of nitrogens with one attached hydrogen (secondary N) is 1. The molecule has 2 unspecified atom stereocenters. The molecular formula is C19H24N4O2. The molecule has 132 valence electrons. The minimum atomic E-state index is -0.0122. The van der Waals surface area contributed by atoms with Crippen molar-refractivity contribution < 1.29 is 9.53 Å². The SMILES string of the molecule is COc1ccc2cc(NC(=O)N3CCC4CCC(C3)N4C)ccc2n1. The number of methoxy groups -OCH3 is 1. The van der Waals surface area contributed by atoms with Gasteiger partial charge < -0.3 is 15.0 Å². The summed E-state index contributed by atoms with van der Waals surface area (Å²) in [6.45, 7) is 1.63. The summed E-state index contributed by atoms with van der Waals surface area (Å²) in [6, 6.07) is 10.6. The molecule has 1 N–H and O–H groups in total. The molecule has 2 atom stereocenters. The number of nitrogens with zero attached hydrogens (tertiary/aromatic N) is 3. The highest BCUT2D eigenvalue weighted by Gasteiger charge is 2.35. The fraction of sp³-hybridized carbons (Fsp3) is 0.474. The Morgan fingerprint density at radius 2 is 2.04 bits per heavy atom. The number of pyridine rings is 1. The van der Waals surface area contributed by atoms with E-state index in [4.69, 9.17) is 4.74 Å². The molecule has 6 nitrogen and oxygen atoms in total. The monoisotopic (exact) mass is 340 g/mol. The molecule has 2 aromatic rings. The molecule has 2 saturated heterocycles. The summed E-state index contributed by atoms with van der Waals surface area (Å²) < 4.78 is 5.15. The van der Waals surface area contributed by atoms with E-state index in [1.165, 1.54) is 12.8 Å². The number of rotatable bonds is 2. The number of aromatic nitrogens is 1. The van der Waals surface area contributed by atoms with Crippen LogP contribution in [0.25, 0.3) is 10.9 Å². The largest absolute Gasteiger partial charge is 0.481 e. The second-order valence-corrected chi connectivity index (χ2v) is 6.98. The lowest BCUT2D eigenvalue weighted by Crippen LogP contribution is -2.41. The number of urea groups is 1. The van der Waals surface area contributed by atoms with Crippen molar-refractivity contribution in [3.63, 3.8) is 0 Å². The van der Waals surface area contributed by atoms with Gasteiger partial charge in [0.2, 0.25) is 5.88 Å². The van der Waals surface area contributed by atoms with Gasteiger partial charge in [0.25, 0.3) is 0 Å². The number of carbonyl (C=O) groups is 1. The van der Waals surface area contributed by atoms with Gasteiger partial charge in [-0.2, -0.15) is 0 Å². The lowest BCUT2D eigenvalue weighted by atomic mass is 10.1. The van der Waals surface area contributed by atoms with Crippen LogP contribution in [-0.4, -0.2) is 60.1 Å². The van der Waals surface area contributed by atoms with Crippen LogP contribution < -0.4 is 10.1 Å². The number of amides is 2. The quantitative estimate of drug-likeness (QED) is 0.913. The molecule has 2 aliphatic rings. The first-order valence-electron chi connectivity index (χ1n) is 8.87. The van der Waals surface area contributed by atoms with E-state index in [0.29, 0.717) is 18.0 Å². The topological polar surface area (TPSA) is 57.7 Å². The maximum Gasteiger partial charge on any atom is 0.321 e. The second-order valence-electron chi connectivity index (χ2n) is 6.98. The molecule has 1 aromatic heterocycles. The lowest BCUT2D eigenvalue weighted by molar-refractivity contribution is 0.200. The Hall–Kier alpha value is -2.34. The van der Waals surface area contributed by atoms with Crippen molar-refractivity contribution in [2.75, 3.05) is 32.6 Å². The van der Waals surface area contributed by atoms with Gasteiger partial charge in [0.1, 0.15) is 0 Å². The summed E-state index contributed by atoms with van der Waals surface area (Å²) in [5, 5.41) is 4.02. The van der Waals surface area contributed by atoms with Crippen LogP contribution >= 0.6 is 0 Å². The van der Waals surface area contributed by atoms with Crippen molar-refractivity contribution in [3.8, 4) is 5.88 Å². The van der Waals surface area contributed by atoms with Gasteiger partial charge in [-0.3, -0.25) is 4.90 Å². The van der Waals surface area contributed by atoms with Gasteiger partial charge in [0.15, 0.2) is 0 Å². The number of hydrogen-bond donors (Lipinski definition) is 1. The van der Waals surface area contributed by atoms with Crippen LogP contribution in [-0.2, 0) is 0 Å². The predicted octanol–water partition coefficient (Wildman–Crippen LogP) is 2.94. The van der Waals surface area contributed by atoms with Crippen LogP contribution in [0.5, 0.6) is 5.88 Å². The highest BCUT2D eigenvalue weighted by molar-refractivity contribution is 5.92. The molecule has 2 fully saturated rings. The predicted molar refractivity (Wildman–Crippen MR) is 98.1 cm³/mol. The zero-order valence-corrected chi connectivity index (χ0v) is 14.7. The highest BCUT2D eigenvalue weighted by atomic mass is 16.5. The lowest BCUT2D eigenvalue weighted by Gasteiger charge is -2.26. The van der Waals surface area contributed by atoms with Crippen LogP contribution in [0.3, 0.4) is 0 Å². The summed E-state index contributed by atoms with van der Waals surface area (Å²) in [4.78, 5) is 21.5. The smallest absolute Gasteiger partial charge is 0.321 e. The minimum absolute atomic E-state index is 0.0122. The van der Waals surface area contributed by atoms with Crippen molar-refractivity contribution in [2.24, 2.45) is 0 Å². The standard InChI is InChI=1S/C19H24N4O2/c1-22-15-5-6-16(22)12-23(10-9-15)19(24)20-14-4-7-17-13(11-14)3-8-18(21-17)25-2/h3-4,7-8,11,15-16H,5-6,9-10,12H2,1-2H3,(H,20,24). The molecule has 3 heterocycles. The average molecular weight is 340 g/mol. The molecule has 0 saturated carbocycles. The molecule has 1 aromatic carbocycles. The summed E-state index contributed by atoms with van der Waals surface area (Å²) in [5.74, 6) is 0.591. The van der Waals surface area contributed by atoms with Crippen molar-refractivity contribution in [2.45, 2.75) is 31.3 Å². The molecular weight excluding hydrogens is 316 g/mol. The van der Waals surface area contributed by atoms with E-state index < -0.39 is 0 Å². The maximum atomic E-state index is 12.7. The average Bonchev–Trinajstić information content (AvgIpc) is 2.86. The zero-order chi connectivity index (χ0) is 17.4. The Morgan fingerprint density at radius 3 is 2.88 bits per heavy atom. The molecule has 0 radical (unpaired) electrons. The molecule has 25 heavy (non-hydrogen) atoms. The van der Waals surface area contributed by atoms with E-state index in [2.05, 4.69) is 22.2 Å². The third kappa shape index (κ3) is 3.14. The van der Waals surface area contributed by atoms with Gasteiger partial charge in [-0.25, -0.2) is 9.78 Å². The first-order chi connectivity index (χ1) is 12.1. The number of fused-ring (bicyclic) bond motifs is 3. The van der Waals surface area contributed by atoms with Crippen LogP contribution in [0.15, 0.2) is 30.3 Å². The third-order valence-corrected chi connectivity index (χ3v) is 5.56. The van der Waals surface area contributed by atoms with E-state index >= 15 is 0 Å². The third-order valence-electron chi connectivity index (χ3n) is 5.56. The second kappa shape index (κ2) is 6.52. The Balaban J connectivity index is 1.48. The van der Waals surface area contributed by atoms with Gasteiger partial charge in [-0.1, -0.05) is 0 Å². The summed E-state index contributed by atoms with van der Waals surface area (Å²) in [7, 11) is 3.79. The number of likely N-dealkylation sites (tertiary alicyclic amines) is 1. The molecule has 2 aliphatic heterocycles. The van der Waals surface area contributed by atoms with Crippen LogP contribution in [0.2, 0.25) is 0 Å². The summed E-state index contributed by atoms with van der Waals surface area (Å²) in [6.07, 6.45) is 3.51. The van der Waals surface area contributed by atoms with Crippen molar-refractivity contribution >= 4 is 22.6 Å². The Morgan fingerprint density at radius 1 is 1.20 bits per heavy atom. The first-order valence-corrected chi connectivity index (χ1v) is 8.87. The van der Waals surface area contributed by atoms with Gasteiger partial charge >= 0.3 is 6.03 Å². The van der Waals surface area contributed by atoms with E-state index in [1.807, 2.05) is 35.2 Å². The zero-order valence-electron chi connectivity index (χ0n) is 14.7. The Kier molecular flexibility index (Phi) is 4.21. The number of ether oxygens (including phenoxy) is 1. The van der Waals surface area contributed by atoms with E-state index in [9.17, 15) is 4.79 Å². The minimum Gasteiger partial charge on any atom is -0.481 e. The van der Waals surface area contributed by atoms with E-state index in [-0.39, 0.29) is 6.03 Å². The molecule has 0 spiro atoms. The Labute approximate surface area is 147 Å². The Bertz CT molecular complexity index is 794. The van der Waals surface area contributed by atoms with Gasteiger partial charge in [-0.15, -0.1) is 0 Å². The van der Waals surface area contributed by atoms with Gasteiger partial charge in [0, 0.05) is 42.3 Å². The fourth-order valence-electron chi connectivity index (χ4n) is 3.99. The molecule has 0 aliphatic carbocycles. The highest BCUT2D eigenvalue weighted by Crippen LogP contribution is 2.29. The van der Waals surface area contributed by atoms with Crippen molar-refractivity contribution in [1.29, 1.82) is 0 Å². The van der Waals surface area contributed by atoms with Gasteiger partial charge in [-0.05, 0) is 50.6 Å². The molecule has 6 heteroatoms. The van der Waals surface area contributed by atoms with E-state index in [0.717, 1.165) is 36.1 Å². The fourth-order valence-corrected chi connectivity index (χ4v) is 3.99. The number of likely N-dealkylation sites (N-methyl/N-ethyl adjacent to an activating group) is 1. The number of hydrogen-bond acceptors (Lipinski definition) is 4. The van der Waals surface area contributed by atoms with Crippen molar-refractivity contribution in [1.82, 2.24) is 14.8 Å². The van der Waals surface area contributed by atoms with Crippen LogP contribution in [0.4, 0.5) is 10.5 Å². The molecule has 4 rings (SSSR count). The normalized spacial score (nSPS) is 23.5. The molecule has 2 amide bonds. The molecule has 2 bridgehead atoms.